The van der Waals surface area contributed by atoms with Crippen molar-refractivity contribution >= 4 is 0 Å². The summed E-state index contributed by atoms with van der Waals surface area (Å²) in [5, 5.41) is 16.8. The molecule has 0 aromatic heterocycles. The molecule has 11 heteroatoms. The Kier molecular flexibility index (Phi) is 13.6. The van der Waals surface area contributed by atoms with Crippen LogP contribution in [0.4, 0.5) is 26.3 Å². The summed E-state index contributed by atoms with van der Waals surface area (Å²) >= 11 is 0. The normalized spacial score (nSPS) is 8.61. The predicted octanol–water partition coefficient (Wildman–Crippen LogP) is -2.38. The van der Waals surface area contributed by atoms with E-state index in [1.54, 1.807) is 0 Å². The van der Waals surface area contributed by atoms with Crippen LogP contribution >= 0.6 is 0 Å². The maximum absolute atomic E-state index is 12.1. The molecular weight excluding hydrogens is 452 g/mol. The van der Waals surface area contributed by atoms with Gasteiger partial charge >= 0.3 is 26.2 Å². The van der Waals surface area contributed by atoms with E-state index in [1.165, 1.54) is 0 Å². The van der Waals surface area contributed by atoms with Crippen LogP contribution in [-0.4, -0.2) is 10.2 Å². The molecule has 0 aliphatic rings. The van der Waals surface area contributed by atoms with Crippen LogP contribution in [0.2, 0.25) is 0 Å². The average Bonchev–Trinajstić information content (AvgIpc) is 2.43. The van der Waals surface area contributed by atoms with Gasteiger partial charge in [-0.2, -0.15) is 8.78 Å². The van der Waals surface area contributed by atoms with E-state index >= 15 is 0 Å². The summed E-state index contributed by atoms with van der Waals surface area (Å²) in [6.07, 6.45) is 0. The molecule has 2 nitrogen and oxygen atoms in total. The second kappa shape index (κ2) is 11.6. The number of phenols is 2. The number of rotatable bonds is 0. The molecule has 0 aliphatic carbocycles. The number of halogens is 8. The Morgan fingerprint density at radius 3 is 0.957 bits per heavy atom. The maximum Gasteiger partial charge on any atom is 2.00 e. The van der Waals surface area contributed by atoms with Crippen LogP contribution in [0.3, 0.4) is 0 Å². The molecule has 0 saturated carbocycles. The molecule has 2 aromatic carbocycles. The zero-order valence-electron chi connectivity index (χ0n) is 10.7. The third kappa shape index (κ3) is 7.01. The fraction of sp³-hybridized carbons (Fsp3) is 0. The van der Waals surface area contributed by atoms with Gasteiger partial charge in [0.15, 0.2) is 34.8 Å². The van der Waals surface area contributed by atoms with Gasteiger partial charge in [0.25, 0.3) is 0 Å². The first kappa shape index (κ1) is 27.0. The van der Waals surface area contributed by atoms with E-state index in [4.69, 9.17) is 10.2 Å². The Morgan fingerprint density at radius 2 is 0.739 bits per heavy atom. The van der Waals surface area contributed by atoms with E-state index in [1.807, 2.05) is 0 Å². The van der Waals surface area contributed by atoms with Gasteiger partial charge in [0.1, 0.15) is 0 Å². The van der Waals surface area contributed by atoms with Crippen molar-refractivity contribution in [2.45, 2.75) is 0 Å². The van der Waals surface area contributed by atoms with Crippen LogP contribution in [0.5, 0.6) is 11.5 Å². The smallest absolute Gasteiger partial charge is 1.00 e. The first-order chi connectivity index (χ1) is 9.25. The molecule has 0 atom stereocenters. The number of hydrogen-bond acceptors (Lipinski definition) is 2. The van der Waals surface area contributed by atoms with Gasteiger partial charge in [-0.15, -0.1) is 0 Å². The molecule has 2 rings (SSSR count). The van der Waals surface area contributed by atoms with Crippen molar-refractivity contribution < 1.29 is 87.6 Å². The largest absolute Gasteiger partial charge is 2.00 e. The van der Waals surface area contributed by atoms with Crippen molar-refractivity contribution in [2.75, 3.05) is 0 Å². The molecule has 0 fully saturated rings. The molecule has 0 radical (unpaired) electrons. The van der Waals surface area contributed by atoms with Gasteiger partial charge < -0.3 is 35.0 Å². The van der Waals surface area contributed by atoms with E-state index in [0.717, 1.165) is 0 Å². The van der Waals surface area contributed by atoms with Crippen molar-refractivity contribution in [3.05, 3.63) is 59.2 Å². The summed E-state index contributed by atoms with van der Waals surface area (Å²) in [5.41, 5.74) is 0. The summed E-state index contributed by atoms with van der Waals surface area (Å²) in [5.74, 6) is -10.5. The minimum absolute atomic E-state index is 0. The van der Waals surface area contributed by atoms with E-state index < -0.39 is 46.4 Å². The van der Waals surface area contributed by atoms with E-state index in [-0.39, 0.29) is 51.0 Å². The van der Waals surface area contributed by atoms with E-state index in [2.05, 4.69) is 0 Å². The summed E-state index contributed by atoms with van der Waals surface area (Å²) in [6, 6.07) is 2.50. The molecule has 0 unspecified atom stereocenters. The standard InChI is InChI=1S/2C6H3F3O.2ClH.Zr/c2*7-3-1-2-4(8)6(10)5(3)9;;;/h2*1-2,10H;2*1H;/q;;;;+2/p-2. The zero-order chi connectivity index (χ0) is 15.4. The van der Waals surface area contributed by atoms with Gasteiger partial charge in [-0.1, -0.05) is 0 Å². The number of aromatic hydroxyl groups is 2. The SMILES string of the molecule is Oc1c(F)ccc(F)c1F.Oc1c(F)ccc(F)c1F.[Cl-].[Cl-].[Zr+2]. The second-order valence-electron chi connectivity index (χ2n) is 3.38. The molecule has 0 spiro atoms. The summed E-state index contributed by atoms with van der Waals surface area (Å²) < 4.78 is 72.6. The molecule has 0 saturated heterocycles. The summed E-state index contributed by atoms with van der Waals surface area (Å²) in [7, 11) is 0. The molecule has 0 aliphatic heterocycles. The Hall–Kier alpha value is -0.917. The fourth-order valence-corrected chi connectivity index (χ4v) is 1.03. The fourth-order valence-electron chi connectivity index (χ4n) is 1.03. The Balaban J connectivity index is -0.000000308. The van der Waals surface area contributed by atoms with Gasteiger partial charge in [0.05, 0.1) is 0 Å². The van der Waals surface area contributed by atoms with Crippen molar-refractivity contribution in [2.24, 2.45) is 0 Å². The molecule has 0 amide bonds. The first-order valence-electron chi connectivity index (χ1n) is 4.90. The van der Waals surface area contributed by atoms with Crippen molar-refractivity contribution in [3.63, 3.8) is 0 Å². The van der Waals surface area contributed by atoms with Gasteiger partial charge in [0.2, 0.25) is 11.6 Å². The second-order valence-corrected chi connectivity index (χ2v) is 3.38. The topological polar surface area (TPSA) is 40.5 Å². The molecule has 0 heterocycles. The van der Waals surface area contributed by atoms with Gasteiger partial charge in [-0.3, -0.25) is 0 Å². The Bertz CT molecular complexity index is 536. The van der Waals surface area contributed by atoms with E-state index in [9.17, 15) is 26.3 Å². The van der Waals surface area contributed by atoms with Crippen LogP contribution in [-0.2, 0) is 26.2 Å². The Labute approximate surface area is 158 Å². The van der Waals surface area contributed by atoms with Crippen LogP contribution in [0.1, 0.15) is 0 Å². The number of benzene rings is 2. The minimum Gasteiger partial charge on any atom is -1.00 e. The monoisotopic (exact) mass is 456 g/mol. The van der Waals surface area contributed by atoms with Gasteiger partial charge in [-0.25, -0.2) is 17.6 Å². The van der Waals surface area contributed by atoms with Crippen LogP contribution in [0.15, 0.2) is 24.3 Å². The molecule has 0 bridgehead atoms. The minimum atomic E-state index is -1.56. The molecule has 2 aromatic rings. The van der Waals surface area contributed by atoms with Gasteiger partial charge in [-0.05, 0) is 24.3 Å². The quantitative estimate of drug-likeness (QED) is 0.342. The number of hydrogen-bond donors (Lipinski definition) is 2. The molecular formula is C12H6Cl2F6O2Zr. The average molecular weight is 458 g/mol. The summed E-state index contributed by atoms with van der Waals surface area (Å²) in [4.78, 5) is 0. The third-order valence-corrected chi connectivity index (χ3v) is 2.04. The van der Waals surface area contributed by atoms with Crippen LogP contribution in [0, 0.1) is 34.9 Å². The molecule has 126 valence electrons. The number of phenolic OH excluding ortho intramolecular Hbond substituents is 2. The molecule has 23 heavy (non-hydrogen) atoms. The predicted molar refractivity (Wildman–Crippen MR) is 56.0 cm³/mol. The van der Waals surface area contributed by atoms with Crippen molar-refractivity contribution in [3.8, 4) is 11.5 Å². The van der Waals surface area contributed by atoms with Crippen LogP contribution in [0.25, 0.3) is 0 Å². The Morgan fingerprint density at radius 1 is 0.522 bits per heavy atom. The maximum atomic E-state index is 12.1. The first-order valence-corrected chi connectivity index (χ1v) is 4.90. The zero-order valence-corrected chi connectivity index (χ0v) is 14.7. The van der Waals surface area contributed by atoms with Gasteiger partial charge in [0, 0.05) is 0 Å². The van der Waals surface area contributed by atoms with Crippen LogP contribution < -0.4 is 24.8 Å². The van der Waals surface area contributed by atoms with Crippen molar-refractivity contribution in [1.29, 1.82) is 0 Å². The van der Waals surface area contributed by atoms with Crippen molar-refractivity contribution in [1.82, 2.24) is 0 Å². The summed E-state index contributed by atoms with van der Waals surface area (Å²) in [6.45, 7) is 0. The third-order valence-electron chi connectivity index (χ3n) is 2.04. The van der Waals surface area contributed by atoms with E-state index in [0.29, 0.717) is 24.3 Å². The molecule has 2 N–H and O–H groups in total.